The first-order valence-corrected chi connectivity index (χ1v) is 7.77. The number of rotatable bonds is 4. The van der Waals surface area contributed by atoms with Gasteiger partial charge in [-0.15, -0.1) is 0 Å². The van der Waals surface area contributed by atoms with Crippen LogP contribution in [-0.4, -0.2) is 5.91 Å². The number of alkyl halides is 1. The van der Waals surface area contributed by atoms with E-state index in [2.05, 4.69) is 0 Å². The SMILES string of the molecule is N#CC(F)(C(=O)N(c1ccccc1)c1ccccc1)c1ccccc1. The van der Waals surface area contributed by atoms with E-state index in [1.54, 1.807) is 84.9 Å². The molecule has 0 aromatic heterocycles. The molecule has 0 bridgehead atoms. The number of hydrogen-bond acceptors (Lipinski definition) is 2. The molecule has 4 heteroatoms. The summed E-state index contributed by atoms with van der Waals surface area (Å²) in [5.74, 6) is -0.946. The number of para-hydroxylation sites is 2. The Labute approximate surface area is 145 Å². The van der Waals surface area contributed by atoms with Gasteiger partial charge in [-0.2, -0.15) is 5.26 Å². The van der Waals surface area contributed by atoms with Gasteiger partial charge in [0, 0.05) is 16.9 Å². The summed E-state index contributed by atoms with van der Waals surface area (Å²) in [5.41, 5.74) is -1.79. The van der Waals surface area contributed by atoms with E-state index in [1.165, 1.54) is 17.0 Å². The van der Waals surface area contributed by atoms with Crippen LogP contribution in [0.15, 0.2) is 91.0 Å². The van der Waals surface area contributed by atoms with Crippen molar-refractivity contribution in [3.05, 3.63) is 96.6 Å². The molecule has 3 nitrogen and oxygen atoms in total. The molecule has 122 valence electrons. The van der Waals surface area contributed by atoms with Gasteiger partial charge in [-0.1, -0.05) is 66.7 Å². The fourth-order valence-corrected chi connectivity index (χ4v) is 2.60. The second-order valence-corrected chi connectivity index (χ2v) is 5.45. The molecule has 0 N–H and O–H groups in total. The van der Waals surface area contributed by atoms with E-state index in [9.17, 15) is 10.1 Å². The Morgan fingerprint density at radius 1 is 0.800 bits per heavy atom. The van der Waals surface area contributed by atoms with Crippen molar-refractivity contribution in [2.45, 2.75) is 5.67 Å². The van der Waals surface area contributed by atoms with Gasteiger partial charge in [0.2, 0.25) is 0 Å². The molecule has 0 radical (unpaired) electrons. The molecule has 1 atom stereocenters. The number of amides is 1. The lowest BCUT2D eigenvalue weighted by Crippen LogP contribution is -2.41. The molecule has 25 heavy (non-hydrogen) atoms. The van der Waals surface area contributed by atoms with Crippen molar-refractivity contribution >= 4 is 17.3 Å². The van der Waals surface area contributed by atoms with Crippen molar-refractivity contribution < 1.29 is 9.18 Å². The molecule has 3 aromatic rings. The Balaban J connectivity index is 2.13. The molecule has 3 aromatic carbocycles. The van der Waals surface area contributed by atoms with Crippen molar-refractivity contribution in [3.63, 3.8) is 0 Å². The Morgan fingerprint density at radius 2 is 1.20 bits per heavy atom. The molecule has 0 saturated heterocycles. The molecule has 3 rings (SSSR count). The lowest BCUT2D eigenvalue weighted by atomic mass is 9.95. The lowest BCUT2D eigenvalue weighted by Gasteiger charge is -2.28. The minimum atomic E-state index is -2.78. The second-order valence-electron chi connectivity index (χ2n) is 5.45. The third-order valence-electron chi connectivity index (χ3n) is 3.85. The highest BCUT2D eigenvalue weighted by Crippen LogP contribution is 2.34. The highest BCUT2D eigenvalue weighted by Gasteiger charge is 2.45. The van der Waals surface area contributed by atoms with Crippen LogP contribution in [-0.2, 0) is 10.5 Å². The Bertz CT molecular complexity index is 852. The van der Waals surface area contributed by atoms with Gasteiger partial charge < -0.3 is 0 Å². The van der Waals surface area contributed by atoms with Gasteiger partial charge in [-0.05, 0) is 24.3 Å². The summed E-state index contributed by atoms with van der Waals surface area (Å²) in [5, 5.41) is 9.48. The van der Waals surface area contributed by atoms with Crippen molar-refractivity contribution in [2.24, 2.45) is 0 Å². The number of carbonyl (C=O) groups is 1. The molecule has 0 saturated carbocycles. The first-order chi connectivity index (χ1) is 12.2. The lowest BCUT2D eigenvalue weighted by molar-refractivity contribution is -0.126. The van der Waals surface area contributed by atoms with Crippen LogP contribution in [0.1, 0.15) is 5.56 Å². The predicted octanol–water partition coefficient (Wildman–Crippen LogP) is 4.74. The topological polar surface area (TPSA) is 44.1 Å². The number of hydrogen-bond donors (Lipinski definition) is 0. The zero-order valence-electron chi connectivity index (χ0n) is 13.3. The Kier molecular flexibility index (Phi) is 4.58. The number of benzene rings is 3. The number of anilines is 2. The van der Waals surface area contributed by atoms with Crippen molar-refractivity contribution in [1.82, 2.24) is 0 Å². The zero-order chi connectivity index (χ0) is 17.7. The molecular formula is C21H15FN2O. The number of carbonyl (C=O) groups excluding carboxylic acids is 1. The van der Waals surface area contributed by atoms with E-state index < -0.39 is 11.6 Å². The van der Waals surface area contributed by atoms with E-state index in [1.807, 2.05) is 0 Å². The normalized spacial score (nSPS) is 12.6. The highest BCUT2D eigenvalue weighted by atomic mass is 19.1. The van der Waals surface area contributed by atoms with E-state index in [0.717, 1.165) is 0 Å². The maximum absolute atomic E-state index is 15.5. The number of nitrogens with zero attached hydrogens (tertiary/aromatic N) is 2. The van der Waals surface area contributed by atoms with Crippen LogP contribution in [0.2, 0.25) is 0 Å². The first kappa shape index (κ1) is 16.4. The first-order valence-electron chi connectivity index (χ1n) is 7.77. The number of halogens is 1. The Hall–Kier alpha value is -3.45. The van der Waals surface area contributed by atoms with Crippen LogP contribution < -0.4 is 4.90 Å². The standard InChI is InChI=1S/C21H15FN2O/c22-21(16-23,17-10-4-1-5-11-17)20(25)24(18-12-6-2-7-13-18)19-14-8-3-9-15-19/h1-15H. The molecule has 0 fully saturated rings. The molecule has 0 aliphatic heterocycles. The molecular weight excluding hydrogens is 315 g/mol. The van der Waals surface area contributed by atoms with Gasteiger partial charge in [0.05, 0.1) is 0 Å². The van der Waals surface area contributed by atoms with E-state index in [0.29, 0.717) is 11.4 Å². The smallest absolute Gasteiger partial charge is 0.277 e. The summed E-state index contributed by atoms with van der Waals surface area (Å²) in [6.07, 6.45) is 0. The molecule has 0 aliphatic rings. The van der Waals surface area contributed by atoms with Crippen LogP contribution >= 0.6 is 0 Å². The summed E-state index contributed by atoms with van der Waals surface area (Å²) in [6, 6.07) is 26.8. The van der Waals surface area contributed by atoms with Crippen molar-refractivity contribution in [2.75, 3.05) is 4.90 Å². The molecule has 0 heterocycles. The third-order valence-corrected chi connectivity index (χ3v) is 3.85. The van der Waals surface area contributed by atoms with Gasteiger partial charge in [0.1, 0.15) is 6.07 Å². The van der Waals surface area contributed by atoms with Crippen LogP contribution in [0.3, 0.4) is 0 Å². The Morgan fingerprint density at radius 3 is 1.60 bits per heavy atom. The molecule has 0 aliphatic carbocycles. The van der Waals surface area contributed by atoms with Crippen LogP contribution in [0.4, 0.5) is 15.8 Å². The summed E-state index contributed by atoms with van der Waals surface area (Å²) < 4.78 is 15.5. The number of nitriles is 1. The van der Waals surface area contributed by atoms with Crippen LogP contribution in [0.5, 0.6) is 0 Å². The average Bonchev–Trinajstić information content (AvgIpc) is 2.70. The summed E-state index contributed by atoms with van der Waals surface area (Å²) in [4.78, 5) is 14.4. The third kappa shape index (κ3) is 3.13. The average molecular weight is 330 g/mol. The van der Waals surface area contributed by atoms with Crippen LogP contribution in [0.25, 0.3) is 0 Å². The highest BCUT2D eigenvalue weighted by molar-refractivity contribution is 6.07. The van der Waals surface area contributed by atoms with Crippen molar-refractivity contribution in [3.8, 4) is 6.07 Å². The molecule has 1 unspecified atom stereocenters. The fraction of sp³-hybridized carbons (Fsp3) is 0.0476. The van der Waals surface area contributed by atoms with Gasteiger partial charge in [0.15, 0.2) is 0 Å². The molecule has 0 spiro atoms. The quantitative estimate of drug-likeness (QED) is 0.693. The van der Waals surface area contributed by atoms with Crippen molar-refractivity contribution in [1.29, 1.82) is 5.26 Å². The summed E-state index contributed by atoms with van der Waals surface area (Å²) in [6.45, 7) is 0. The zero-order valence-corrected chi connectivity index (χ0v) is 13.3. The van der Waals surface area contributed by atoms with Gasteiger partial charge in [-0.3, -0.25) is 9.69 Å². The van der Waals surface area contributed by atoms with Gasteiger partial charge >= 0.3 is 0 Å². The summed E-state index contributed by atoms with van der Waals surface area (Å²) in [7, 11) is 0. The van der Waals surface area contributed by atoms with E-state index in [4.69, 9.17) is 0 Å². The van der Waals surface area contributed by atoms with E-state index in [-0.39, 0.29) is 5.56 Å². The fourth-order valence-electron chi connectivity index (χ4n) is 2.60. The second kappa shape index (κ2) is 6.98. The van der Waals surface area contributed by atoms with Gasteiger partial charge in [0.25, 0.3) is 11.6 Å². The largest absolute Gasteiger partial charge is 0.298 e. The minimum Gasteiger partial charge on any atom is -0.277 e. The predicted molar refractivity (Wildman–Crippen MR) is 94.9 cm³/mol. The molecule has 1 amide bonds. The summed E-state index contributed by atoms with van der Waals surface area (Å²) >= 11 is 0. The monoisotopic (exact) mass is 330 g/mol. The minimum absolute atomic E-state index is 0.0133. The maximum Gasteiger partial charge on any atom is 0.298 e. The van der Waals surface area contributed by atoms with Gasteiger partial charge in [-0.25, -0.2) is 4.39 Å². The van der Waals surface area contributed by atoms with Crippen LogP contribution in [0, 0.1) is 11.3 Å². The maximum atomic E-state index is 15.5. The van der Waals surface area contributed by atoms with E-state index >= 15 is 4.39 Å².